The molecule has 1 heteroatoms. The highest BCUT2D eigenvalue weighted by Crippen LogP contribution is 2.47. The molecule has 206 valence electrons. The SMILES string of the molecule is CCNCC.CCc1ccccc1C(c1ccccc1CC)C(c1ccccc1CC)c1ccccc1CC. The summed E-state index contributed by atoms with van der Waals surface area (Å²) in [5.74, 6) is 0.514. The molecule has 0 radical (unpaired) electrons. The molecule has 0 aliphatic heterocycles. The molecule has 0 amide bonds. The van der Waals surface area contributed by atoms with Crippen LogP contribution in [-0.2, 0) is 25.7 Å². The highest BCUT2D eigenvalue weighted by atomic mass is 14.8. The lowest BCUT2D eigenvalue weighted by molar-refractivity contribution is 0.667. The van der Waals surface area contributed by atoms with Gasteiger partial charge in [0.1, 0.15) is 0 Å². The van der Waals surface area contributed by atoms with E-state index in [1.807, 2.05) is 0 Å². The highest BCUT2D eigenvalue weighted by Gasteiger charge is 2.32. The van der Waals surface area contributed by atoms with Crippen LogP contribution in [0, 0.1) is 0 Å². The van der Waals surface area contributed by atoms with E-state index in [9.17, 15) is 0 Å². The van der Waals surface area contributed by atoms with Crippen LogP contribution >= 0.6 is 0 Å². The highest BCUT2D eigenvalue weighted by molar-refractivity contribution is 5.52. The van der Waals surface area contributed by atoms with E-state index < -0.39 is 0 Å². The molecule has 0 atom stereocenters. The first-order chi connectivity index (χ1) is 19.1. The molecule has 4 aromatic rings. The van der Waals surface area contributed by atoms with Crippen LogP contribution in [0.2, 0.25) is 0 Å². The van der Waals surface area contributed by atoms with Crippen molar-refractivity contribution in [1.82, 2.24) is 5.32 Å². The summed E-state index contributed by atoms with van der Waals surface area (Å²) in [6.45, 7) is 15.5. The lowest BCUT2D eigenvalue weighted by Crippen LogP contribution is -2.20. The molecule has 0 fully saturated rings. The fraction of sp³-hybridized carbons (Fsp3) is 0.368. The molecule has 4 aromatic carbocycles. The molecule has 0 bridgehead atoms. The maximum Gasteiger partial charge on any atom is 0.0204 e. The second kappa shape index (κ2) is 16.1. The molecule has 0 aliphatic rings. The summed E-state index contributed by atoms with van der Waals surface area (Å²) in [5.41, 5.74) is 11.7. The Morgan fingerprint density at radius 3 is 0.795 bits per heavy atom. The van der Waals surface area contributed by atoms with E-state index in [1.54, 1.807) is 0 Å². The van der Waals surface area contributed by atoms with E-state index in [-0.39, 0.29) is 11.8 Å². The fourth-order valence-corrected chi connectivity index (χ4v) is 5.94. The second-order valence-electron chi connectivity index (χ2n) is 10.1. The fourth-order valence-electron chi connectivity index (χ4n) is 5.94. The van der Waals surface area contributed by atoms with Gasteiger partial charge in [-0.15, -0.1) is 0 Å². The van der Waals surface area contributed by atoms with E-state index in [2.05, 4.69) is 144 Å². The van der Waals surface area contributed by atoms with Gasteiger partial charge in [0, 0.05) is 11.8 Å². The lowest BCUT2D eigenvalue weighted by Gasteiger charge is -2.34. The normalized spacial score (nSPS) is 11.0. The summed E-state index contributed by atoms with van der Waals surface area (Å²) >= 11 is 0. The van der Waals surface area contributed by atoms with Gasteiger partial charge in [0.15, 0.2) is 0 Å². The zero-order valence-electron chi connectivity index (χ0n) is 25.1. The molecular formula is C38H49N. The monoisotopic (exact) mass is 519 g/mol. The smallest absolute Gasteiger partial charge is 0.0204 e. The molecule has 0 saturated heterocycles. The van der Waals surface area contributed by atoms with E-state index in [4.69, 9.17) is 0 Å². The van der Waals surface area contributed by atoms with Gasteiger partial charge in [0.25, 0.3) is 0 Å². The molecule has 0 saturated carbocycles. The summed E-state index contributed by atoms with van der Waals surface area (Å²) < 4.78 is 0. The minimum atomic E-state index is 0.257. The van der Waals surface area contributed by atoms with Crippen LogP contribution in [-0.4, -0.2) is 13.1 Å². The van der Waals surface area contributed by atoms with Crippen LogP contribution in [0.3, 0.4) is 0 Å². The maximum absolute atomic E-state index is 3.11. The van der Waals surface area contributed by atoms with E-state index in [0.29, 0.717) is 0 Å². The zero-order valence-corrected chi connectivity index (χ0v) is 25.1. The van der Waals surface area contributed by atoms with Crippen LogP contribution < -0.4 is 5.32 Å². The van der Waals surface area contributed by atoms with Crippen LogP contribution in [0.5, 0.6) is 0 Å². The molecule has 0 aromatic heterocycles. The van der Waals surface area contributed by atoms with Crippen molar-refractivity contribution in [1.29, 1.82) is 0 Å². The Bertz CT molecular complexity index is 1080. The van der Waals surface area contributed by atoms with Gasteiger partial charge in [-0.3, -0.25) is 0 Å². The standard InChI is InChI=1S/C34H38.C4H11N/c1-5-25-17-9-13-21-29(25)33(30-22-14-10-18-26(30)6-2)34(31-23-15-11-19-27(31)7-3)32-24-16-12-20-28(32)8-4;1-3-5-4-2/h9-24,33-34H,5-8H2,1-4H3;5H,3-4H2,1-2H3. The third kappa shape index (κ3) is 7.49. The number of benzene rings is 4. The Morgan fingerprint density at radius 1 is 0.385 bits per heavy atom. The van der Waals surface area contributed by atoms with Crippen LogP contribution in [0.15, 0.2) is 97.1 Å². The molecule has 1 nitrogen and oxygen atoms in total. The molecule has 1 N–H and O–H groups in total. The molecule has 0 unspecified atom stereocenters. The van der Waals surface area contributed by atoms with Crippen molar-refractivity contribution in [2.45, 2.75) is 79.1 Å². The van der Waals surface area contributed by atoms with E-state index in [0.717, 1.165) is 38.8 Å². The Hall–Kier alpha value is -3.16. The largest absolute Gasteiger partial charge is 0.317 e. The predicted octanol–water partition coefficient (Wildman–Crippen LogP) is 9.52. The number of nitrogens with one attached hydrogen (secondary N) is 1. The molecular weight excluding hydrogens is 470 g/mol. The minimum Gasteiger partial charge on any atom is -0.317 e. The van der Waals surface area contributed by atoms with Gasteiger partial charge in [0.05, 0.1) is 0 Å². The molecule has 0 heterocycles. The Morgan fingerprint density at radius 2 is 0.615 bits per heavy atom. The van der Waals surface area contributed by atoms with Gasteiger partial charge < -0.3 is 5.32 Å². The average molecular weight is 520 g/mol. The quantitative estimate of drug-likeness (QED) is 0.208. The van der Waals surface area contributed by atoms with Crippen LogP contribution in [0.1, 0.15) is 97.9 Å². The summed E-state index contributed by atoms with van der Waals surface area (Å²) in [7, 11) is 0. The minimum absolute atomic E-state index is 0.257. The van der Waals surface area contributed by atoms with Gasteiger partial charge in [-0.25, -0.2) is 0 Å². The topological polar surface area (TPSA) is 12.0 Å². The van der Waals surface area contributed by atoms with Crippen molar-refractivity contribution < 1.29 is 0 Å². The van der Waals surface area contributed by atoms with Crippen molar-refractivity contribution in [3.8, 4) is 0 Å². The molecule has 39 heavy (non-hydrogen) atoms. The van der Waals surface area contributed by atoms with Gasteiger partial charge in [-0.2, -0.15) is 0 Å². The van der Waals surface area contributed by atoms with Gasteiger partial charge in [-0.1, -0.05) is 139 Å². The Kier molecular flexibility index (Phi) is 12.5. The van der Waals surface area contributed by atoms with Crippen molar-refractivity contribution in [3.63, 3.8) is 0 Å². The van der Waals surface area contributed by atoms with Crippen LogP contribution in [0.4, 0.5) is 0 Å². The first kappa shape index (κ1) is 30.4. The number of rotatable bonds is 11. The maximum atomic E-state index is 3.11. The first-order valence-electron chi connectivity index (χ1n) is 15.2. The van der Waals surface area contributed by atoms with Gasteiger partial charge in [0.2, 0.25) is 0 Å². The Balaban J connectivity index is 0.000000771. The van der Waals surface area contributed by atoms with Crippen molar-refractivity contribution >= 4 is 0 Å². The predicted molar refractivity (Wildman–Crippen MR) is 171 cm³/mol. The number of hydrogen-bond acceptors (Lipinski definition) is 1. The summed E-state index contributed by atoms with van der Waals surface area (Å²) in [6, 6.07) is 36.5. The van der Waals surface area contributed by atoms with Gasteiger partial charge in [-0.05, 0) is 83.3 Å². The third-order valence-corrected chi connectivity index (χ3v) is 7.92. The van der Waals surface area contributed by atoms with Crippen molar-refractivity contribution in [2.75, 3.05) is 13.1 Å². The Labute approximate surface area is 238 Å². The van der Waals surface area contributed by atoms with Crippen molar-refractivity contribution in [2.24, 2.45) is 0 Å². The molecule has 4 rings (SSSR count). The zero-order chi connectivity index (χ0) is 28.0. The van der Waals surface area contributed by atoms with Gasteiger partial charge >= 0.3 is 0 Å². The average Bonchev–Trinajstić information content (AvgIpc) is 3.00. The number of hydrogen-bond donors (Lipinski definition) is 1. The summed E-state index contributed by atoms with van der Waals surface area (Å²) in [4.78, 5) is 0. The van der Waals surface area contributed by atoms with Crippen molar-refractivity contribution in [3.05, 3.63) is 142 Å². The summed E-state index contributed by atoms with van der Waals surface area (Å²) in [5, 5.41) is 3.11. The lowest BCUT2D eigenvalue weighted by atomic mass is 9.69. The summed E-state index contributed by atoms with van der Waals surface area (Å²) in [6.07, 6.45) is 4.16. The third-order valence-electron chi connectivity index (χ3n) is 7.92. The first-order valence-corrected chi connectivity index (χ1v) is 15.2. The second-order valence-corrected chi connectivity index (χ2v) is 10.1. The molecule has 0 aliphatic carbocycles. The van der Waals surface area contributed by atoms with E-state index >= 15 is 0 Å². The number of aryl methyl sites for hydroxylation is 4. The molecule has 0 spiro atoms. The van der Waals surface area contributed by atoms with E-state index in [1.165, 1.54) is 44.5 Å². The van der Waals surface area contributed by atoms with Crippen LogP contribution in [0.25, 0.3) is 0 Å².